The highest BCUT2D eigenvalue weighted by Crippen LogP contribution is 2.29. The molecule has 1 N–H and O–H groups in total. The highest BCUT2D eigenvalue weighted by molar-refractivity contribution is 5.86. The molecule has 2 saturated heterocycles. The molecule has 1 aromatic carbocycles. The number of nitrogens with one attached hydrogen (secondary N) is 1. The van der Waals surface area contributed by atoms with Gasteiger partial charge in [-0.1, -0.05) is 18.2 Å². The molecule has 0 saturated carbocycles. The van der Waals surface area contributed by atoms with E-state index in [-0.39, 0.29) is 24.3 Å². The molecule has 4 heterocycles. The first kappa shape index (κ1) is 21.1. The Morgan fingerprint density at radius 2 is 1.97 bits per heavy atom. The van der Waals surface area contributed by atoms with Gasteiger partial charge in [0.05, 0.1) is 12.2 Å². The maximum atomic E-state index is 12.8. The van der Waals surface area contributed by atoms with E-state index < -0.39 is 0 Å². The van der Waals surface area contributed by atoms with E-state index in [2.05, 4.69) is 10.3 Å². The van der Waals surface area contributed by atoms with Crippen LogP contribution in [0.3, 0.4) is 0 Å². The number of para-hydroxylation sites is 1. The monoisotopic (exact) mass is 442 g/mol. The highest BCUT2D eigenvalue weighted by atomic mass is 16.2. The quantitative estimate of drug-likeness (QED) is 0.630. The van der Waals surface area contributed by atoms with Gasteiger partial charge in [-0.3, -0.25) is 14.6 Å². The Morgan fingerprint density at radius 3 is 2.73 bits per heavy atom. The van der Waals surface area contributed by atoms with Crippen LogP contribution in [-0.4, -0.2) is 62.7 Å². The number of likely N-dealkylation sites (tertiary alicyclic amines) is 2. The number of nitrogens with zero attached hydrogens (tertiary/aromatic N) is 5. The summed E-state index contributed by atoms with van der Waals surface area (Å²) in [5.74, 6) is 1.53. The Labute approximate surface area is 192 Å². The summed E-state index contributed by atoms with van der Waals surface area (Å²) in [6.45, 7) is 2.05. The molecule has 3 aromatic rings. The molecule has 1 atom stereocenters. The van der Waals surface area contributed by atoms with Crippen molar-refractivity contribution in [3.8, 4) is 11.3 Å². The summed E-state index contributed by atoms with van der Waals surface area (Å²) in [4.78, 5) is 42.1. The highest BCUT2D eigenvalue weighted by Gasteiger charge is 2.32. The fourth-order valence-electron chi connectivity index (χ4n) is 4.38. The van der Waals surface area contributed by atoms with E-state index >= 15 is 0 Å². The number of anilines is 2. The average molecular weight is 443 g/mol. The molecule has 0 unspecified atom stereocenters. The van der Waals surface area contributed by atoms with Gasteiger partial charge in [-0.25, -0.2) is 9.97 Å². The smallest absolute Gasteiger partial charge is 0.242 e. The van der Waals surface area contributed by atoms with Gasteiger partial charge in [-0.15, -0.1) is 0 Å². The summed E-state index contributed by atoms with van der Waals surface area (Å²) in [6.07, 6.45) is 5.69. The predicted octanol–water partition coefficient (Wildman–Crippen LogP) is 3.22. The van der Waals surface area contributed by atoms with Crippen molar-refractivity contribution >= 4 is 23.3 Å². The third-order valence-electron chi connectivity index (χ3n) is 6.15. The van der Waals surface area contributed by atoms with Gasteiger partial charge < -0.3 is 15.1 Å². The molecule has 0 radical (unpaired) electrons. The summed E-state index contributed by atoms with van der Waals surface area (Å²) >= 11 is 0. The maximum Gasteiger partial charge on any atom is 0.242 e. The van der Waals surface area contributed by atoms with E-state index in [1.54, 1.807) is 17.3 Å². The molecule has 2 aromatic heterocycles. The lowest BCUT2D eigenvalue weighted by atomic mass is 10.1. The third kappa shape index (κ3) is 4.84. The second-order valence-corrected chi connectivity index (χ2v) is 8.47. The maximum absolute atomic E-state index is 12.8. The second-order valence-electron chi connectivity index (χ2n) is 8.47. The van der Waals surface area contributed by atoms with Crippen molar-refractivity contribution < 1.29 is 9.59 Å². The average Bonchev–Trinajstić information content (AvgIpc) is 3.50. The number of pyridine rings is 1. The van der Waals surface area contributed by atoms with Crippen LogP contribution in [-0.2, 0) is 9.59 Å². The van der Waals surface area contributed by atoms with Crippen LogP contribution < -0.4 is 5.32 Å². The van der Waals surface area contributed by atoms with Crippen LogP contribution in [0, 0.1) is 0 Å². The molecule has 2 amide bonds. The van der Waals surface area contributed by atoms with Gasteiger partial charge in [0.1, 0.15) is 11.6 Å². The van der Waals surface area contributed by atoms with Gasteiger partial charge in [0.15, 0.2) is 0 Å². The third-order valence-corrected chi connectivity index (χ3v) is 6.15. The Balaban J connectivity index is 1.37. The normalized spacial score (nSPS) is 18.1. The molecule has 0 spiro atoms. The van der Waals surface area contributed by atoms with Crippen molar-refractivity contribution in [2.24, 2.45) is 0 Å². The van der Waals surface area contributed by atoms with Gasteiger partial charge in [0, 0.05) is 61.7 Å². The zero-order chi connectivity index (χ0) is 22.6. The zero-order valence-corrected chi connectivity index (χ0v) is 18.4. The first-order valence-electron chi connectivity index (χ1n) is 11.3. The van der Waals surface area contributed by atoms with Crippen LogP contribution in [0.1, 0.15) is 31.0 Å². The van der Waals surface area contributed by atoms with E-state index in [0.29, 0.717) is 37.7 Å². The minimum absolute atomic E-state index is 0.00111. The molecule has 0 aliphatic carbocycles. The van der Waals surface area contributed by atoms with Crippen LogP contribution in [0.15, 0.2) is 60.9 Å². The fraction of sp³-hybridized carbons (Fsp3) is 0.320. The van der Waals surface area contributed by atoms with E-state index in [1.165, 1.54) is 0 Å². The SMILES string of the molecule is O=C1CCCN1CC(=O)N1CC[C@H](c2nc(Nc3ccccc3)cc(-c3cccnc3)n2)C1. The molecular weight excluding hydrogens is 416 g/mol. The molecule has 2 aliphatic rings. The number of carbonyl (C=O) groups excluding carboxylic acids is 2. The second kappa shape index (κ2) is 9.36. The van der Waals surface area contributed by atoms with Gasteiger partial charge in [-0.05, 0) is 37.1 Å². The Kier molecular flexibility index (Phi) is 5.97. The number of aromatic nitrogens is 3. The molecule has 33 heavy (non-hydrogen) atoms. The first-order valence-corrected chi connectivity index (χ1v) is 11.3. The lowest BCUT2D eigenvalue weighted by molar-refractivity contribution is -0.137. The standard InChI is InChI=1S/C25H26N6O2/c32-23-9-5-12-30(23)17-24(33)31-13-10-19(16-31)25-28-21(18-6-4-11-26-15-18)14-22(29-25)27-20-7-2-1-3-8-20/h1-4,6-8,11,14-15,19H,5,9-10,12-13,16-17H2,(H,27,28,29)/t19-/m0/s1. The van der Waals surface area contributed by atoms with Crippen LogP contribution in [0.25, 0.3) is 11.3 Å². The summed E-state index contributed by atoms with van der Waals surface area (Å²) in [5.41, 5.74) is 2.65. The number of hydrogen-bond acceptors (Lipinski definition) is 6. The number of amides is 2. The zero-order valence-electron chi connectivity index (χ0n) is 18.4. The van der Waals surface area contributed by atoms with Crippen molar-refractivity contribution in [3.63, 3.8) is 0 Å². The Bertz CT molecular complexity index is 1140. The van der Waals surface area contributed by atoms with E-state index in [4.69, 9.17) is 9.97 Å². The summed E-state index contributed by atoms with van der Waals surface area (Å²) in [7, 11) is 0. The predicted molar refractivity (Wildman–Crippen MR) is 125 cm³/mol. The van der Waals surface area contributed by atoms with Crippen molar-refractivity contribution in [1.29, 1.82) is 0 Å². The lowest BCUT2D eigenvalue weighted by Gasteiger charge is -2.21. The molecule has 5 rings (SSSR count). The molecular formula is C25H26N6O2. The minimum atomic E-state index is -0.00111. The van der Waals surface area contributed by atoms with Crippen molar-refractivity contribution in [2.45, 2.75) is 25.2 Å². The topological polar surface area (TPSA) is 91.3 Å². The summed E-state index contributed by atoms with van der Waals surface area (Å²) < 4.78 is 0. The fourth-order valence-corrected chi connectivity index (χ4v) is 4.38. The van der Waals surface area contributed by atoms with Crippen molar-refractivity contribution in [2.75, 3.05) is 31.5 Å². The summed E-state index contributed by atoms with van der Waals surface area (Å²) in [5, 5.41) is 3.37. The summed E-state index contributed by atoms with van der Waals surface area (Å²) in [6, 6.07) is 15.7. The molecule has 2 fully saturated rings. The van der Waals surface area contributed by atoms with Crippen LogP contribution in [0.4, 0.5) is 11.5 Å². The number of carbonyl (C=O) groups is 2. The number of benzene rings is 1. The van der Waals surface area contributed by atoms with Crippen LogP contribution in [0.5, 0.6) is 0 Å². The largest absolute Gasteiger partial charge is 0.340 e. The first-order chi connectivity index (χ1) is 16.2. The van der Waals surface area contributed by atoms with Crippen LogP contribution in [0.2, 0.25) is 0 Å². The van der Waals surface area contributed by atoms with E-state index in [9.17, 15) is 9.59 Å². The van der Waals surface area contributed by atoms with Crippen molar-refractivity contribution in [3.05, 3.63) is 66.7 Å². The van der Waals surface area contributed by atoms with Gasteiger partial charge in [0.25, 0.3) is 0 Å². The van der Waals surface area contributed by atoms with Gasteiger partial charge >= 0.3 is 0 Å². The van der Waals surface area contributed by atoms with Gasteiger partial charge in [-0.2, -0.15) is 0 Å². The van der Waals surface area contributed by atoms with Crippen LogP contribution >= 0.6 is 0 Å². The Morgan fingerprint density at radius 1 is 1.09 bits per heavy atom. The van der Waals surface area contributed by atoms with Gasteiger partial charge in [0.2, 0.25) is 11.8 Å². The lowest BCUT2D eigenvalue weighted by Crippen LogP contribution is -2.39. The van der Waals surface area contributed by atoms with E-state index in [1.807, 2.05) is 53.4 Å². The molecule has 168 valence electrons. The number of hydrogen-bond donors (Lipinski definition) is 1. The molecule has 2 aliphatic heterocycles. The van der Waals surface area contributed by atoms with Crippen molar-refractivity contribution in [1.82, 2.24) is 24.8 Å². The van der Waals surface area contributed by atoms with E-state index in [0.717, 1.165) is 29.8 Å². The minimum Gasteiger partial charge on any atom is -0.340 e. The Hall–Kier alpha value is -3.81. The molecule has 0 bridgehead atoms. The molecule has 8 nitrogen and oxygen atoms in total. The molecule has 8 heteroatoms. The number of rotatable bonds is 6.